The number of fused-ring (bicyclic) bond motifs is 2. The number of unbranched alkanes of at least 4 members (excludes halogenated alkanes) is 1. The average Bonchev–Trinajstić information content (AvgIpc) is 3.10. The third-order valence-corrected chi connectivity index (χ3v) is 13.4. The zero-order valence-corrected chi connectivity index (χ0v) is 26.8. The van der Waals surface area contributed by atoms with Crippen molar-refractivity contribution in [3.63, 3.8) is 0 Å². The van der Waals surface area contributed by atoms with Crippen LogP contribution in [0.15, 0.2) is 161 Å². The van der Waals surface area contributed by atoms with Crippen molar-refractivity contribution in [3.8, 4) is 28.2 Å². The average molecular weight is 620 g/mol. The van der Waals surface area contributed by atoms with E-state index in [0.717, 1.165) is 46.8 Å². The van der Waals surface area contributed by atoms with Crippen molar-refractivity contribution in [1.29, 1.82) is 0 Å². The van der Waals surface area contributed by atoms with Crippen molar-refractivity contribution in [2.45, 2.75) is 19.8 Å². The predicted molar refractivity (Wildman–Crippen MR) is 194 cm³/mol. The molecule has 5 aromatic rings. The summed E-state index contributed by atoms with van der Waals surface area (Å²) in [5, 5.41) is 5.21. The number of aryl methyl sites for hydroxylation is 1. The molecule has 2 aliphatic rings. The van der Waals surface area contributed by atoms with Crippen LogP contribution >= 0.6 is 7.26 Å². The lowest BCUT2D eigenvalue weighted by Crippen LogP contribution is -2.33. The second-order valence-corrected chi connectivity index (χ2v) is 15.3. The Morgan fingerprint density at radius 2 is 1.22 bits per heavy atom. The lowest BCUT2D eigenvalue weighted by Gasteiger charge is -2.27. The minimum Gasteiger partial charge on any atom is -0.493 e. The maximum absolute atomic E-state index is 12.3. The molecule has 0 spiro atoms. The first-order chi connectivity index (χ1) is 22.6. The van der Waals surface area contributed by atoms with E-state index in [4.69, 9.17) is 9.15 Å². The van der Waals surface area contributed by atoms with Gasteiger partial charge in [-0.3, -0.25) is 4.79 Å². The van der Waals surface area contributed by atoms with Crippen molar-refractivity contribution in [1.82, 2.24) is 0 Å². The fourth-order valence-electron chi connectivity index (χ4n) is 6.61. The van der Waals surface area contributed by atoms with Gasteiger partial charge in [0.1, 0.15) is 40.3 Å². The van der Waals surface area contributed by atoms with Crippen LogP contribution in [0.4, 0.5) is 0 Å². The molecule has 0 amide bonds. The molecule has 1 aliphatic heterocycles. The Labute approximate surface area is 270 Å². The van der Waals surface area contributed by atoms with Gasteiger partial charge in [-0.25, -0.2) is 0 Å². The Kier molecular flexibility index (Phi) is 8.51. The smallest absolute Gasteiger partial charge is 0.182 e. The molecule has 0 aromatic heterocycles. The van der Waals surface area contributed by atoms with Crippen LogP contribution in [0, 0.1) is 6.92 Å². The van der Waals surface area contributed by atoms with Crippen molar-refractivity contribution in [3.05, 3.63) is 167 Å². The van der Waals surface area contributed by atoms with Crippen LogP contribution in [-0.2, 0) is 0 Å². The van der Waals surface area contributed by atoms with Gasteiger partial charge in [0.15, 0.2) is 5.43 Å². The summed E-state index contributed by atoms with van der Waals surface area (Å²) >= 11 is 0. The first-order valence-corrected chi connectivity index (χ1v) is 17.9. The van der Waals surface area contributed by atoms with Crippen LogP contribution in [-0.4, -0.2) is 12.8 Å². The molecular formula is C42H36O3P+. The zero-order valence-electron chi connectivity index (χ0n) is 25.9. The lowest BCUT2D eigenvalue weighted by atomic mass is 9.91. The van der Waals surface area contributed by atoms with Gasteiger partial charge in [-0.15, -0.1) is 0 Å². The molecule has 226 valence electrons. The van der Waals surface area contributed by atoms with E-state index in [1.54, 1.807) is 12.1 Å². The van der Waals surface area contributed by atoms with Gasteiger partial charge in [0, 0.05) is 28.6 Å². The van der Waals surface area contributed by atoms with E-state index < -0.39 is 7.26 Å². The molecule has 3 nitrogen and oxygen atoms in total. The molecule has 0 saturated heterocycles. The fraction of sp³-hybridized carbons (Fsp3) is 0.119. The van der Waals surface area contributed by atoms with Crippen molar-refractivity contribution in [2.24, 2.45) is 0 Å². The highest BCUT2D eigenvalue weighted by molar-refractivity contribution is 7.95. The highest BCUT2D eigenvalue weighted by Gasteiger charge is 2.44. The standard InChI is InChI=1S/C42H36O3P/c1-31-15-11-12-22-37(31)42-38-25-23-32(43)29-40(38)45-41-30-33(24-26-39(41)42)44-27-13-14-28-46(34-16-5-2-6-17-34,35-18-7-3-8-19-35)36-20-9-4-10-21-36/h2-12,15-26,29-30H,13-14,27-28H2,1H3/q+1. The molecule has 4 heteroatoms. The molecule has 0 radical (unpaired) electrons. The van der Waals surface area contributed by atoms with Gasteiger partial charge in [-0.1, -0.05) is 78.9 Å². The van der Waals surface area contributed by atoms with E-state index in [1.165, 1.54) is 21.5 Å². The molecule has 0 bridgehead atoms. The number of ether oxygens (including phenoxy) is 1. The summed E-state index contributed by atoms with van der Waals surface area (Å²) < 4.78 is 12.7. The monoisotopic (exact) mass is 619 g/mol. The second-order valence-electron chi connectivity index (χ2n) is 11.7. The van der Waals surface area contributed by atoms with Crippen LogP contribution in [0.25, 0.3) is 33.4 Å². The number of benzene rings is 6. The Hall–Kier alpha value is -4.98. The van der Waals surface area contributed by atoms with Gasteiger partial charge in [0.25, 0.3) is 0 Å². The largest absolute Gasteiger partial charge is 0.493 e. The summed E-state index contributed by atoms with van der Waals surface area (Å²) in [5.41, 5.74) is 4.93. The van der Waals surface area contributed by atoms with Crippen LogP contribution < -0.4 is 26.1 Å². The van der Waals surface area contributed by atoms with Crippen LogP contribution in [0.5, 0.6) is 5.75 Å². The second kappa shape index (κ2) is 13.2. The summed E-state index contributed by atoms with van der Waals surface area (Å²) in [6, 6.07) is 52.5. The Morgan fingerprint density at radius 1 is 0.609 bits per heavy atom. The zero-order chi connectivity index (χ0) is 31.3. The Balaban J connectivity index is 1.15. The van der Waals surface area contributed by atoms with E-state index in [1.807, 2.05) is 30.3 Å². The highest BCUT2D eigenvalue weighted by Crippen LogP contribution is 2.56. The molecule has 0 unspecified atom stereocenters. The van der Waals surface area contributed by atoms with Gasteiger partial charge in [-0.2, -0.15) is 0 Å². The predicted octanol–water partition coefficient (Wildman–Crippen LogP) is 9.03. The maximum atomic E-state index is 12.3. The quantitative estimate of drug-likeness (QED) is 0.0872. The Morgan fingerprint density at radius 3 is 1.85 bits per heavy atom. The Bertz CT molecular complexity index is 2010. The van der Waals surface area contributed by atoms with Gasteiger partial charge in [0.2, 0.25) is 0 Å². The summed E-state index contributed by atoms with van der Waals surface area (Å²) in [4.78, 5) is 12.3. The first-order valence-electron chi connectivity index (χ1n) is 15.9. The minimum absolute atomic E-state index is 0.0702. The van der Waals surface area contributed by atoms with E-state index in [9.17, 15) is 4.79 Å². The van der Waals surface area contributed by atoms with Crippen LogP contribution in [0.3, 0.4) is 0 Å². The number of hydrogen-bond donors (Lipinski definition) is 0. The number of rotatable bonds is 10. The SMILES string of the molecule is Cc1ccccc1-c1c2ccc(=O)cc-2oc2cc(OCCCC[P+](c3ccccc3)(c3ccccc3)c3ccccc3)ccc12. The molecular weight excluding hydrogens is 583 g/mol. The first kappa shape index (κ1) is 29.7. The third-order valence-electron chi connectivity index (χ3n) is 8.83. The van der Waals surface area contributed by atoms with Crippen molar-refractivity contribution in [2.75, 3.05) is 12.8 Å². The minimum atomic E-state index is -1.86. The van der Waals surface area contributed by atoms with E-state index in [-0.39, 0.29) is 5.43 Å². The molecule has 1 aliphatic carbocycles. The van der Waals surface area contributed by atoms with Crippen LogP contribution in [0.2, 0.25) is 0 Å². The molecule has 5 aromatic carbocycles. The maximum Gasteiger partial charge on any atom is 0.182 e. The molecule has 0 saturated carbocycles. The summed E-state index contributed by atoms with van der Waals surface area (Å²) in [6.07, 6.45) is 3.01. The molecule has 0 fully saturated rings. The summed E-state index contributed by atoms with van der Waals surface area (Å²) in [5.74, 6) is 1.35. The molecule has 46 heavy (non-hydrogen) atoms. The number of hydrogen-bond acceptors (Lipinski definition) is 3. The van der Waals surface area contributed by atoms with Crippen molar-refractivity contribution < 1.29 is 9.15 Å². The molecule has 0 N–H and O–H groups in total. The fourth-order valence-corrected chi connectivity index (χ4v) is 11.0. The van der Waals surface area contributed by atoms with Gasteiger partial charge in [0.05, 0.1) is 12.8 Å². The lowest BCUT2D eigenvalue weighted by molar-refractivity contribution is 0.309. The molecule has 1 heterocycles. The van der Waals surface area contributed by atoms with Gasteiger partial charge >= 0.3 is 0 Å². The normalized spacial score (nSPS) is 11.6. The molecule has 0 atom stereocenters. The van der Waals surface area contributed by atoms with E-state index in [0.29, 0.717) is 18.0 Å². The van der Waals surface area contributed by atoms with E-state index >= 15 is 0 Å². The van der Waals surface area contributed by atoms with E-state index in [2.05, 4.69) is 116 Å². The van der Waals surface area contributed by atoms with Gasteiger partial charge < -0.3 is 9.15 Å². The van der Waals surface area contributed by atoms with Crippen molar-refractivity contribution >= 4 is 34.1 Å². The topological polar surface area (TPSA) is 39.4 Å². The highest BCUT2D eigenvalue weighted by atomic mass is 31.2. The third kappa shape index (κ3) is 5.75. The molecule has 7 rings (SSSR count). The summed E-state index contributed by atoms with van der Waals surface area (Å²) in [7, 11) is -1.86. The van der Waals surface area contributed by atoms with Crippen LogP contribution in [0.1, 0.15) is 18.4 Å². The van der Waals surface area contributed by atoms with Gasteiger partial charge in [-0.05, 0) is 91.6 Å². The summed E-state index contributed by atoms with van der Waals surface area (Å²) in [6.45, 7) is 2.72.